The molecule has 0 saturated carbocycles. The largest absolute Gasteiger partial charge is 0.490 e. The van der Waals surface area contributed by atoms with E-state index < -0.39 is 0 Å². The van der Waals surface area contributed by atoms with E-state index in [-0.39, 0.29) is 12.1 Å². The van der Waals surface area contributed by atoms with Crippen LogP contribution in [-0.4, -0.2) is 30.1 Å². The summed E-state index contributed by atoms with van der Waals surface area (Å²) in [5.41, 5.74) is 2.49. The van der Waals surface area contributed by atoms with E-state index in [2.05, 4.69) is 19.2 Å². The van der Waals surface area contributed by atoms with Gasteiger partial charge in [-0.3, -0.25) is 0 Å². The monoisotopic (exact) mass is 397 g/mol. The normalized spacial score (nSPS) is 14.6. The van der Waals surface area contributed by atoms with Crippen molar-refractivity contribution in [3.8, 4) is 11.8 Å². The first-order valence-electron chi connectivity index (χ1n) is 9.48. The molecule has 0 unspecified atom stereocenters. The topological polar surface area (TPSA) is 65.4 Å². The third-order valence-corrected chi connectivity index (χ3v) is 5.23. The van der Waals surface area contributed by atoms with Gasteiger partial charge < -0.3 is 15.0 Å². The predicted molar refractivity (Wildman–Crippen MR) is 111 cm³/mol. The third kappa shape index (κ3) is 4.96. The Hall–Kier alpha value is -2.71. The van der Waals surface area contributed by atoms with E-state index >= 15 is 0 Å². The maximum atomic E-state index is 12.5. The molecule has 5 nitrogen and oxygen atoms in total. The summed E-state index contributed by atoms with van der Waals surface area (Å²) in [6.45, 7) is 5.55. The number of carbonyl (C=O) groups excluding carboxylic acids is 1. The van der Waals surface area contributed by atoms with Crippen LogP contribution in [0.25, 0.3) is 0 Å². The highest BCUT2D eigenvalue weighted by molar-refractivity contribution is 6.31. The number of likely N-dealkylation sites (tertiary alicyclic amines) is 1. The molecule has 1 N–H and O–H groups in total. The summed E-state index contributed by atoms with van der Waals surface area (Å²) in [5, 5.41) is 12.3. The number of rotatable bonds is 4. The van der Waals surface area contributed by atoms with Crippen LogP contribution in [-0.2, 0) is 0 Å². The lowest BCUT2D eigenvalue weighted by Gasteiger charge is -2.32. The summed E-state index contributed by atoms with van der Waals surface area (Å²) in [6, 6.07) is 15.0. The van der Waals surface area contributed by atoms with Gasteiger partial charge in [0.15, 0.2) is 0 Å². The Bertz CT molecular complexity index is 866. The molecule has 3 rings (SSSR count). The Labute approximate surface area is 170 Å². The van der Waals surface area contributed by atoms with Crippen LogP contribution in [0, 0.1) is 11.3 Å². The van der Waals surface area contributed by atoms with Crippen molar-refractivity contribution >= 4 is 23.3 Å². The number of benzene rings is 2. The van der Waals surface area contributed by atoms with Crippen LogP contribution in [0.1, 0.15) is 43.7 Å². The number of urea groups is 1. The Kier molecular flexibility index (Phi) is 6.43. The zero-order chi connectivity index (χ0) is 20.1. The Morgan fingerprint density at radius 2 is 1.89 bits per heavy atom. The van der Waals surface area contributed by atoms with Crippen molar-refractivity contribution in [3.63, 3.8) is 0 Å². The second-order valence-corrected chi connectivity index (χ2v) is 7.67. The number of piperidine rings is 1. The molecule has 1 saturated heterocycles. The summed E-state index contributed by atoms with van der Waals surface area (Å²) in [5.74, 6) is 1.12. The first-order chi connectivity index (χ1) is 13.5. The standard InChI is InChI=1S/C22H24ClN3O2/c1-15(2)16-3-6-18(7-4-16)25-22(27)26-11-9-19(10-12-26)28-20-8-5-17(14-24)21(23)13-20/h3-8,13,15,19H,9-12H2,1-2H3,(H,25,27). The summed E-state index contributed by atoms with van der Waals surface area (Å²) < 4.78 is 5.97. The molecule has 28 heavy (non-hydrogen) atoms. The first-order valence-corrected chi connectivity index (χ1v) is 9.86. The average Bonchev–Trinajstić information content (AvgIpc) is 2.69. The zero-order valence-corrected chi connectivity index (χ0v) is 16.9. The summed E-state index contributed by atoms with van der Waals surface area (Å²) in [6.07, 6.45) is 1.52. The Morgan fingerprint density at radius 3 is 2.46 bits per heavy atom. The SMILES string of the molecule is CC(C)c1ccc(NC(=O)N2CCC(Oc3ccc(C#N)c(Cl)c3)CC2)cc1. The van der Waals surface area contributed by atoms with E-state index in [4.69, 9.17) is 21.6 Å². The summed E-state index contributed by atoms with van der Waals surface area (Å²) >= 11 is 6.05. The molecule has 0 aliphatic carbocycles. The van der Waals surface area contributed by atoms with Crippen LogP contribution >= 0.6 is 11.6 Å². The lowest BCUT2D eigenvalue weighted by molar-refractivity contribution is 0.115. The number of ether oxygens (including phenoxy) is 1. The highest BCUT2D eigenvalue weighted by Gasteiger charge is 2.24. The zero-order valence-electron chi connectivity index (χ0n) is 16.1. The number of nitriles is 1. The number of hydrogen-bond acceptors (Lipinski definition) is 3. The smallest absolute Gasteiger partial charge is 0.321 e. The quantitative estimate of drug-likeness (QED) is 0.750. The first kappa shape index (κ1) is 20.0. The number of nitrogens with one attached hydrogen (secondary N) is 1. The molecular weight excluding hydrogens is 374 g/mol. The van der Waals surface area contributed by atoms with Gasteiger partial charge in [0.2, 0.25) is 0 Å². The van der Waals surface area contributed by atoms with Crippen molar-refractivity contribution in [2.24, 2.45) is 0 Å². The van der Waals surface area contributed by atoms with Gasteiger partial charge in [-0.2, -0.15) is 5.26 Å². The highest BCUT2D eigenvalue weighted by Crippen LogP contribution is 2.25. The minimum absolute atomic E-state index is 0.0263. The van der Waals surface area contributed by atoms with Gasteiger partial charge in [-0.25, -0.2) is 4.79 Å². The van der Waals surface area contributed by atoms with Gasteiger partial charge in [0.1, 0.15) is 17.9 Å². The molecule has 0 spiro atoms. The van der Waals surface area contributed by atoms with Gasteiger partial charge in [-0.1, -0.05) is 37.6 Å². The minimum atomic E-state index is -0.0860. The van der Waals surface area contributed by atoms with Gasteiger partial charge >= 0.3 is 6.03 Å². The number of anilines is 1. The average molecular weight is 398 g/mol. The van der Waals surface area contributed by atoms with E-state index in [0.29, 0.717) is 35.3 Å². The van der Waals surface area contributed by atoms with Crippen molar-refractivity contribution in [2.75, 3.05) is 18.4 Å². The van der Waals surface area contributed by atoms with Gasteiger partial charge in [0.05, 0.1) is 10.6 Å². The fourth-order valence-corrected chi connectivity index (χ4v) is 3.40. The van der Waals surface area contributed by atoms with E-state index in [1.54, 1.807) is 18.2 Å². The van der Waals surface area contributed by atoms with Gasteiger partial charge in [-0.05, 0) is 35.7 Å². The summed E-state index contributed by atoms with van der Waals surface area (Å²) in [4.78, 5) is 14.3. The third-order valence-electron chi connectivity index (χ3n) is 4.92. The van der Waals surface area contributed by atoms with Crippen molar-refractivity contribution in [1.29, 1.82) is 5.26 Å². The molecule has 0 atom stereocenters. The molecule has 2 aromatic carbocycles. The van der Waals surface area contributed by atoms with Gasteiger partial charge in [0.25, 0.3) is 0 Å². The van der Waals surface area contributed by atoms with E-state index in [9.17, 15) is 4.79 Å². The van der Waals surface area contributed by atoms with Crippen LogP contribution in [0.3, 0.4) is 0 Å². The molecule has 1 heterocycles. The molecule has 146 valence electrons. The number of halogens is 1. The van der Waals surface area contributed by atoms with E-state index in [1.807, 2.05) is 35.2 Å². The second kappa shape index (κ2) is 8.99. The fraction of sp³-hybridized carbons (Fsp3) is 0.364. The van der Waals surface area contributed by atoms with Gasteiger partial charge in [0, 0.05) is 37.7 Å². The molecule has 0 radical (unpaired) electrons. The molecule has 6 heteroatoms. The lowest BCUT2D eigenvalue weighted by atomic mass is 10.0. The number of carbonyl (C=O) groups is 1. The van der Waals surface area contributed by atoms with E-state index in [1.165, 1.54) is 5.56 Å². The van der Waals surface area contributed by atoms with Crippen LogP contribution in [0.15, 0.2) is 42.5 Å². The van der Waals surface area contributed by atoms with Crippen molar-refractivity contribution in [1.82, 2.24) is 4.90 Å². The van der Waals surface area contributed by atoms with Crippen molar-refractivity contribution < 1.29 is 9.53 Å². The maximum absolute atomic E-state index is 12.5. The molecule has 1 fully saturated rings. The molecule has 2 amide bonds. The van der Waals surface area contributed by atoms with Crippen LogP contribution in [0.4, 0.5) is 10.5 Å². The van der Waals surface area contributed by atoms with Crippen molar-refractivity contribution in [3.05, 3.63) is 58.6 Å². The second-order valence-electron chi connectivity index (χ2n) is 7.26. The lowest BCUT2D eigenvalue weighted by Crippen LogP contribution is -2.43. The Morgan fingerprint density at radius 1 is 1.21 bits per heavy atom. The van der Waals surface area contributed by atoms with Crippen molar-refractivity contribution in [2.45, 2.75) is 38.7 Å². The Balaban J connectivity index is 1.50. The number of amides is 2. The summed E-state index contributed by atoms with van der Waals surface area (Å²) in [7, 11) is 0. The van der Waals surface area contributed by atoms with Gasteiger partial charge in [-0.15, -0.1) is 0 Å². The molecule has 0 aromatic heterocycles. The molecule has 2 aromatic rings. The minimum Gasteiger partial charge on any atom is -0.490 e. The van der Waals surface area contributed by atoms with E-state index in [0.717, 1.165) is 18.5 Å². The number of nitrogens with zero attached hydrogens (tertiary/aromatic N) is 2. The molecular formula is C22H24ClN3O2. The van der Waals surface area contributed by atoms with Crippen LogP contribution in [0.2, 0.25) is 5.02 Å². The van der Waals surface area contributed by atoms with Crippen LogP contribution < -0.4 is 10.1 Å². The maximum Gasteiger partial charge on any atom is 0.321 e. The molecule has 1 aliphatic heterocycles. The predicted octanol–water partition coefficient (Wildman–Crippen LogP) is 5.41. The van der Waals surface area contributed by atoms with Crippen LogP contribution in [0.5, 0.6) is 5.75 Å². The molecule has 1 aliphatic rings. The highest BCUT2D eigenvalue weighted by atomic mass is 35.5. The number of hydrogen-bond donors (Lipinski definition) is 1. The molecule has 0 bridgehead atoms. The fourth-order valence-electron chi connectivity index (χ4n) is 3.18.